The number of rotatable bonds is 4. The van der Waals surface area contributed by atoms with E-state index >= 15 is 0 Å². The van der Waals surface area contributed by atoms with Crippen LogP contribution in [-0.4, -0.2) is 11.0 Å². The molecule has 0 aromatic carbocycles. The summed E-state index contributed by atoms with van der Waals surface area (Å²) in [4.78, 5) is 4.52. The number of aromatic nitrogens is 1. The standard InChI is InChI=1S/C16H26N2S/c1-5-12(13-17-8-9-19-13)18-14-15(2,3)11-6-7-16(14,4)10-11/h8-9,11-12,14,18H,5-7,10H2,1-4H3. The molecule has 0 saturated heterocycles. The maximum Gasteiger partial charge on any atom is 0.109 e. The average molecular weight is 278 g/mol. The molecule has 2 nitrogen and oxygen atoms in total. The molecule has 2 bridgehead atoms. The maximum absolute atomic E-state index is 4.52. The summed E-state index contributed by atoms with van der Waals surface area (Å²) >= 11 is 1.78. The van der Waals surface area contributed by atoms with Gasteiger partial charge >= 0.3 is 0 Å². The Hall–Kier alpha value is -0.410. The van der Waals surface area contributed by atoms with E-state index in [0.29, 0.717) is 22.9 Å². The fourth-order valence-electron chi connectivity index (χ4n) is 4.69. The molecule has 106 valence electrons. The first kappa shape index (κ1) is 13.6. The highest BCUT2D eigenvalue weighted by molar-refractivity contribution is 7.09. The molecule has 19 heavy (non-hydrogen) atoms. The van der Waals surface area contributed by atoms with Crippen molar-refractivity contribution in [3.63, 3.8) is 0 Å². The van der Waals surface area contributed by atoms with Gasteiger partial charge in [0, 0.05) is 17.6 Å². The van der Waals surface area contributed by atoms with Crippen LogP contribution < -0.4 is 5.32 Å². The molecule has 2 aliphatic rings. The van der Waals surface area contributed by atoms with Crippen molar-refractivity contribution in [2.75, 3.05) is 0 Å². The van der Waals surface area contributed by atoms with Gasteiger partial charge in [-0.2, -0.15) is 0 Å². The van der Waals surface area contributed by atoms with E-state index in [0.717, 1.165) is 12.3 Å². The van der Waals surface area contributed by atoms with Crippen molar-refractivity contribution in [1.82, 2.24) is 10.3 Å². The number of thiazole rings is 1. The first-order chi connectivity index (χ1) is 8.97. The molecule has 2 fully saturated rings. The average Bonchev–Trinajstić information content (AvgIpc) is 3.02. The van der Waals surface area contributed by atoms with E-state index < -0.39 is 0 Å². The zero-order valence-corrected chi connectivity index (χ0v) is 13.4. The molecule has 1 aromatic heterocycles. The van der Waals surface area contributed by atoms with Gasteiger partial charge in [0.05, 0.1) is 6.04 Å². The molecule has 0 radical (unpaired) electrons. The van der Waals surface area contributed by atoms with Crippen LogP contribution in [0.1, 0.15) is 64.4 Å². The number of nitrogens with zero attached hydrogens (tertiary/aromatic N) is 1. The van der Waals surface area contributed by atoms with Crippen LogP contribution >= 0.6 is 11.3 Å². The van der Waals surface area contributed by atoms with Gasteiger partial charge < -0.3 is 5.32 Å². The SMILES string of the molecule is CCC(NC1C2(C)CCC(C2)C1(C)C)c1nccs1. The number of fused-ring (bicyclic) bond motifs is 2. The van der Waals surface area contributed by atoms with Crippen molar-refractivity contribution in [1.29, 1.82) is 0 Å². The van der Waals surface area contributed by atoms with Gasteiger partial charge in [-0.25, -0.2) is 4.98 Å². The lowest BCUT2D eigenvalue weighted by Crippen LogP contribution is -2.51. The molecule has 0 aliphatic heterocycles. The van der Waals surface area contributed by atoms with Crippen molar-refractivity contribution < 1.29 is 0 Å². The van der Waals surface area contributed by atoms with Crippen LogP contribution in [0, 0.1) is 16.7 Å². The van der Waals surface area contributed by atoms with Gasteiger partial charge in [-0.3, -0.25) is 0 Å². The summed E-state index contributed by atoms with van der Waals surface area (Å²) in [5, 5.41) is 7.32. The number of nitrogens with one attached hydrogen (secondary N) is 1. The maximum atomic E-state index is 4.52. The lowest BCUT2D eigenvalue weighted by atomic mass is 9.68. The highest BCUT2D eigenvalue weighted by Crippen LogP contribution is 2.62. The van der Waals surface area contributed by atoms with Crippen molar-refractivity contribution in [3.05, 3.63) is 16.6 Å². The van der Waals surface area contributed by atoms with Crippen molar-refractivity contribution in [3.8, 4) is 0 Å². The smallest absolute Gasteiger partial charge is 0.109 e. The summed E-state index contributed by atoms with van der Waals surface area (Å²) in [5.74, 6) is 0.906. The third kappa shape index (κ3) is 2.06. The minimum absolute atomic E-state index is 0.428. The molecule has 0 spiro atoms. The van der Waals surface area contributed by atoms with Crippen molar-refractivity contribution >= 4 is 11.3 Å². The van der Waals surface area contributed by atoms with Crippen LogP contribution in [0.25, 0.3) is 0 Å². The van der Waals surface area contributed by atoms with Crippen molar-refractivity contribution in [2.24, 2.45) is 16.7 Å². The lowest BCUT2D eigenvalue weighted by Gasteiger charge is -2.44. The van der Waals surface area contributed by atoms with Gasteiger partial charge in [0.15, 0.2) is 0 Å². The zero-order valence-electron chi connectivity index (χ0n) is 12.6. The molecule has 1 N–H and O–H groups in total. The summed E-state index contributed by atoms with van der Waals surface area (Å²) in [6.45, 7) is 9.69. The molecule has 1 heterocycles. The van der Waals surface area contributed by atoms with Crippen molar-refractivity contribution in [2.45, 2.75) is 65.5 Å². The predicted octanol–water partition coefficient (Wildman–Crippen LogP) is 4.40. The van der Waals surface area contributed by atoms with Gasteiger partial charge in [-0.15, -0.1) is 11.3 Å². The Morgan fingerprint density at radius 3 is 2.79 bits per heavy atom. The Kier molecular flexibility index (Phi) is 3.25. The van der Waals surface area contributed by atoms with E-state index in [1.807, 2.05) is 6.20 Å². The Bertz CT molecular complexity index is 435. The topological polar surface area (TPSA) is 24.9 Å². The fraction of sp³-hybridized carbons (Fsp3) is 0.812. The molecule has 3 rings (SSSR count). The summed E-state index contributed by atoms with van der Waals surface area (Å²) in [6, 6.07) is 1.06. The van der Waals surface area contributed by atoms with Gasteiger partial charge in [0.25, 0.3) is 0 Å². The highest BCUT2D eigenvalue weighted by atomic mass is 32.1. The van der Waals surface area contributed by atoms with Crippen LogP contribution in [0.4, 0.5) is 0 Å². The molecular weight excluding hydrogens is 252 g/mol. The normalized spacial score (nSPS) is 37.7. The van der Waals surface area contributed by atoms with E-state index in [9.17, 15) is 0 Å². The second-order valence-electron chi connectivity index (χ2n) is 7.35. The molecule has 2 saturated carbocycles. The summed E-state index contributed by atoms with van der Waals surface area (Å²) in [7, 11) is 0. The molecule has 3 heteroatoms. The Labute approximate surface area is 121 Å². The van der Waals surface area contributed by atoms with Gasteiger partial charge in [0.2, 0.25) is 0 Å². The van der Waals surface area contributed by atoms with E-state index in [4.69, 9.17) is 0 Å². The molecule has 2 aliphatic carbocycles. The van der Waals surface area contributed by atoms with E-state index in [1.54, 1.807) is 11.3 Å². The number of hydrogen-bond acceptors (Lipinski definition) is 3. The quantitative estimate of drug-likeness (QED) is 0.883. The van der Waals surface area contributed by atoms with Crippen LogP contribution in [0.5, 0.6) is 0 Å². The van der Waals surface area contributed by atoms with E-state index in [2.05, 4.69) is 43.4 Å². The van der Waals surface area contributed by atoms with Gasteiger partial charge in [0.1, 0.15) is 5.01 Å². The Balaban J connectivity index is 1.82. The van der Waals surface area contributed by atoms with Crippen LogP contribution in [0.15, 0.2) is 11.6 Å². The fourth-order valence-corrected chi connectivity index (χ4v) is 5.47. The van der Waals surface area contributed by atoms with E-state index in [1.165, 1.54) is 24.3 Å². The first-order valence-electron chi connectivity index (χ1n) is 7.63. The van der Waals surface area contributed by atoms with Crippen LogP contribution in [0.2, 0.25) is 0 Å². The third-order valence-corrected chi connectivity index (χ3v) is 6.68. The first-order valence-corrected chi connectivity index (χ1v) is 8.51. The summed E-state index contributed by atoms with van der Waals surface area (Å²) in [6.07, 6.45) is 7.29. The second kappa shape index (κ2) is 4.56. The summed E-state index contributed by atoms with van der Waals surface area (Å²) in [5.41, 5.74) is 0.927. The van der Waals surface area contributed by atoms with Crippen LogP contribution in [0.3, 0.4) is 0 Å². The minimum Gasteiger partial charge on any atom is -0.304 e. The molecule has 4 unspecified atom stereocenters. The highest BCUT2D eigenvalue weighted by Gasteiger charge is 2.59. The molecule has 1 aromatic rings. The number of hydrogen-bond donors (Lipinski definition) is 1. The monoisotopic (exact) mass is 278 g/mol. The van der Waals surface area contributed by atoms with Gasteiger partial charge in [-0.05, 0) is 42.4 Å². The third-order valence-electron chi connectivity index (χ3n) is 5.80. The second-order valence-corrected chi connectivity index (χ2v) is 8.27. The van der Waals surface area contributed by atoms with Crippen LogP contribution in [-0.2, 0) is 0 Å². The molecule has 4 atom stereocenters. The minimum atomic E-state index is 0.428. The Morgan fingerprint density at radius 2 is 2.26 bits per heavy atom. The Morgan fingerprint density at radius 1 is 1.47 bits per heavy atom. The largest absolute Gasteiger partial charge is 0.304 e. The predicted molar refractivity (Wildman–Crippen MR) is 81.3 cm³/mol. The molecule has 0 amide bonds. The zero-order chi connectivity index (χ0) is 13.7. The summed E-state index contributed by atoms with van der Waals surface area (Å²) < 4.78 is 0. The lowest BCUT2D eigenvalue weighted by molar-refractivity contribution is 0.0975. The molecular formula is C16H26N2S. The van der Waals surface area contributed by atoms with Gasteiger partial charge in [-0.1, -0.05) is 27.7 Å². The van der Waals surface area contributed by atoms with E-state index in [-0.39, 0.29) is 0 Å².